The Hall–Kier alpha value is -1.29. The van der Waals surface area contributed by atoms with Gasteiger partial charge < -0.3 is 9.52 Å². The van der Waals surface area contributed by atoms with E-state index in [0.29, 0.717) is 15.2 Å². The van der Waals surface area contributed by atoms with Gasteiger partial charge >= 0.3 is 5.63 Å². The second kappa shape index (κ2) is 2.88. The highest BCUT2D eigenvalue weighted by molar-refractivity contribution is 9.10. The van der Waals surface area contributed by atoms with Crippen molar-refractivity contribution in [3.63, 3.8) is 0 Å². The smallest absolute Gasteiger partial charge is 0.346 e. The van der Waals surface area contributed by atoms with Gasteiger partial charge in [-0.05, 0) is 22.0 Å². The highest BCUT2D eigenvalue weighted by Gasteiger charge is 2.08. The Balaban J connectivity index is 3.06. The van der Waals surface area contributed by atoms with Gasteiger partial charge in [0.05, 0.1) is 5.39 Å². The Morgan fingerprint density at radius 1 is 1.23 bits per heavy atom. The second-order valence-corrected chi connectivity index (χ2v) is 3.35. The summed E-state index contributed by atoms with van der Waals surface area (Å²) < 4.78 is 4.98. The van der Waals surface area contributed by atoms with Gasteiger partial charge in [0.15, 0.2) is 0 Å². The van der Waals surface area contributed by atoms with Crippen molar-refractivity contribution in [2.45, 2.75) is 0 Å². The third kappa shape index (κ3) is 1.23. The van der Waals surface area contributed by atoms with Crippen LogP contribution in [0.25, 0.3) is 10.8 Å². The van der Waals surface area contributed by atoms with Crippen LogP contribution in [0.5, 0.6) is 5.95 Å². The van der Waals surface area contributed by atoms with Crippen molar-refractivity contribution in [1.29, 1.82) is 0 Å². The molecule has 0 aliphatic heterocycles. The zero-order valence-corrected chi connectivity index (χ0v) is 8.04. The minimum atomic E-state index is -0.531. The number of fused-ring (bicyclic) bond motifs is 1. The van der Waals surface area contributed by atoms with Gasteiger partial charge in [-0.2, -0.15) is 0 Å². The quantitative estimate of drug-likeness (QED) is 0.769. The molecule has 0 bridgehead atoms. The molecular formula is C9H5BrO3. The van der Waals surface area contributed by atoms with Gasteiger partial charge in [-0.1, -0.05) is 18.2 Å². The fourth-order valence-electron chi connectivity index (χ4n) is 1.16. The van der Waals surface area contributed by atoms with Crippen LogP contribution in [0.1, 0.15) is 0 Å². The fourth-order valence-corrected chi connectivity index (χ4v) is 1.58. The molecule has 0 radical (unpaired) electrons. The first-order chi connectivity index (χ1) is 6.20. The average Bonchev–Trinajstić information content (AvgIpc) is 2.15. The average molecular weight is 241 g/mol. The molecule has 0 spiro atoms. The standard InChI is InChI=1S/C9H5BrO3/c10-7-5-3-1-2-4-6(5)8(11)13-9(7)12/h1-4,12H. The summed E-state index contributed by atoms with van der Waals surface area (Å²) in [7, 11) is 0. The summed E-state index contributed by atoms with van der Waals surface area (Å²) in [5, 5.41) is 10.3. The maximum atomic E-state index is 11.2. The largest absolute Gasteiger partial charge is 0.480 e. The highest BCUT2D eigenvalue weighted by Crippen LogP contribution is 2.29. The molecule has 0 saturated heterocycles. The van der Waals surface area contributed by atoms with E-state index in [4.69, 9.17) is 0 Å². The summed E-state index contributed by atoms with van der Waals surface area (Å²) in [6.07, 6.45) is 0. The molecular weight excluding hydrogens is 236 g/mol. The molecule has 0 atom stereocenters. The summed E-state index contributed by atoms with van der Waals surface area (Å²) in [5.74, 6) is -0.385. The van der Waals surface area contributed by atoms with Gasteiger partial charge in [-0.15, -0.1) is 0 Å². The summed E-state index contributed by atoms with van der Waals surface area (Å²) in [5.41, 5.74) is -0.531. The summed E-state index contributed by atoms with van der Waals surface area (Å²) in [4.78, 5) is 11.2. The predicted octanol–water partition coefficient (Wildman–Crippen LogP) is 2.26. The van der Waals surface area contributed by atoms with Crippen LogP contribution in [0, 0.1) is 0 Å². The highest BCUT2D eigenvalue weighted by atomic mass is 79.9. The normalized spacial score (nSPS) is 10.5. The van der Waals surface area contributed by atoms with E-state index in [9.17, 15) is 9.90 Å². The van der Waals surface area contributed by atoms with E-state index in [-0.39, 0.29) is 5.95 Å². The van der Waals surface area contributed by atoms with Crippen LogP contribution in [-0.2, 0) is 0 Å². The Labute approximate surface area is 81.7 Å². The third-order valence-corrected chi connectivity index (χ3v) is 2.53. The van der Waals surface area contributed by atoms with Crippen LogP contribution in [0.2, 0.25) is 0 Å². The molecule has 4 heteroatoms. The van der Waals surface area contributed by atoms with Crippen molar-refractivity contribution < 1.29 is 9.52 Å². The number of aromatic hydroxyl groups is 1. The lowest BCUT2D eigenvalue weighted by atomic mass is 10.2. The molecule has 0 fully saturated rings. The van der Waals surface area contributed by atoms with Crippen molar-refractivity contribution in [1.82, 2.24) is 0 Å². The first-order valence-corrected chi connectivity index (χ1v) is 4.40. The van der Waals surface area contributed by atoms with E-state index in [1.165, 1.54) is 0 Å². The lowest BCUT2D eigenvalue weighted by Gasteiger charge is -1.99. The monoisotopic (exact) mass is 240 g/mol. The van der Waals surface area contributed by atoms with Crippen molar-refractivity contribution in [3.8, 4) is 5.95 Å². The van der Waals surface area contributed by atoms with E-state index in [1.807, 2.05) is 0 Å². The zero-order valence-electron chi connectivity index (χ0n) is 6.45. The molecule has 0 aliphatic rings. The minimum absolute atomic E-state index is 0.385. The second-order valence-electron chi connectivity index (χ2n) is 2.55. The van der Waals surface area contributed by atoms with Gasteiger partial charge in [-0.3, -0.25) is 0 Å². The third-order valence-electron chi connectivity index (χ3n) is 1.76. The lowest BCUT2D eigenvalue weighted by molar-refractivity contribution is 0.310. The van der Waals surface area contributed by atoms with Crippen LogP contribution in [0.3, 0.4) is 0 Å². The molecule has 13 heavy (non-hydrogen) atoms. The van der Waals surface area contributed by atoms with Crippen LogP contribution in [0.15, 0.2) is 37.9 Å². The summed E-state index contributed by atoms with van der Waals surface area (Å²) in [6.45, 7) is 0. The SMILES string of the molecule is O=c1oc(O)c(Br)c2ccccc12. The molecule has 2 aromatic rings. The molecule has 2 rings (SSSR count). The molecule has 0 saturated carbocycles. The topological polar surface area (TPSA) is 50.4 Å². The molecule has 1 heterocycles. The number of hydrogen-bond acceptors (Lipinski definition) is 3. The van der Waals surface area contributed by atoms with Gasteiger partial charge in [0.2, 0.25) is 0 Å². The summed E-state index contributed by atoms with van der Waals surface area (Å²) >= 11 is 3.13. The molecule has 1 N–H and O–H groups in total. The van der Waals surface area contributed by atoms with E-state index in [1.54, 1.807) is 24.3 Å². The van der Waals surface area contributed by atoms with E-state index < -0.39 is 5.63 Å². The number of halogens is 1. The van der Waals surface area contributed by atoms with E-state index in [2.05, 4.69) is 20.3 Å². The predicted molar refractivity (Wildman–Crippen MR) is 51.8 cm³/mol. The Morgan fingerprint density at radius 3 is 2.54 bits per heavy atom. The Kier molecular flexibility index (Phi) is 1.84. The molecule has 66 valence electrons. The van der Waals surface area contributed by atoms with Crippen molar-refractivity contribution in [2.24, 2.45) is 0 Å². The van der Waals surface area contributed by atoms with Gasteiger partial charge in [0.25, 0.3) is 5.95 Å². The number of rotatable bonds is 0. The van der Waals surface area contributed by atoms with Crippen LogP contribution in [0.4, 0.5) is 0 Å². The van der Waals surface area contributed by atoms with Gasteiger partial charge in [0, 0.05) is 5.39 Å². The minimum Gasteiger partial charge on any atom is -0.480 e. The zero-order chi connectivity index (χ0) is 9.42. The van der Waals surface area contributed by atoms with E-state index >= 15 is 0 Å². The molecule has 3 nitrogen and oxygen atoms in total. The first-order valence-electron chi connectivity index (χ1n) is 3.60. The maximum absolute atomic E-state index is 11.2. The van der Waals surface area contributed by atoms with Gasteiger partial charge in [0.1, 0.15) is 4.47 Å². The van der Waals surface area contributed by atoms with Crippen LogP contribution >= 0.6 is 15.9 Å². The van der Waals surface area contributed by atoms with Crippen molar-refractivity contribution >= 4 is 26.7 Å². The van der Waals surface area contributed by atoms with Crippen molar-refractivity contribution in [3.05, 3.63) is 39.2 Å². The Bertz CT molecular complexity index is 516. The van der Waals surface area contributed by atoms with Crippen molar-refractivity contribution in [2.75, 3.05) is 0 Å². The summed E-state index contributed by atoms with van der Waals surface area (Å²) in [6, 6.07) is 6.90. The number of hydrogen-bond donors (Lipinski definition) is 1. The lowest BCUT2D eigenvalue weighted by Crippen LogP contribution is -1.98. The Morgan fingerprint density at radius 2 is 1.85 bits per heavy atom. The number of benzene rings is 1. The first kappa shape index (κ1) is 8.31. The van der Waals surface area contributed by atoms with Crippen LogP contribution in [-0.4, -0.2) is 5.11 Å². The molecule has 0 aliphatic carbocycles. The van der Waals surface area contributed by atoms with Gasteiger partial charge in [-0.25, -0.2) is 4.79 Å². The van der Waals surface area contributed by atoms with Crippen LogP contribution < -0.4 is 5.63 Å². The fraction of sp³-hybridized carbons (Fsp3) is 0. The molecule has 0 amide bonds. The molecule has 1 aromatic heterocycles. The molecule has 1 aromatic carbocycles. The maximum Gasteiger partial charge on any atom is 0.346 e. The molecule has 0 unspecified atom stereocenters. The van der Waals surface area contributed by atoms with E-state index in [0.717, 1.165) is 0 Å².